The molecule has 0 N–H and O–H groups in total. The Morgan fingerprint density at radius 2 is 1.75 bits per heavy atom. The summed E-state index contributed by atoms with van der Waals surface area (Å²) >= 11 is 5.77. The average molecular weight is 241 g/mol. The minimum Gasteiger partial charge on any atom is -0.206 e. The predicted octanol–water partition coefficient (Wildman–Crippen LogP) is 3.38. The van der Waals surface area contributed by atoms with Crippen LogP contribution >= 0.6 is 11.6 Å². The summed E-state index contributed by atoms with van der Waals surface area (Å²) in [6, 6.07) is 5.13. The van der Waals surface area contributed by atoms with Crippen molar-refractivity contribution in [3.05, 3.63) is 46.7 Å². The lowest BCUT2D eigenvalue weighted by atomic mass is 10.1. The van der Waals surface area contributed by atoms with Crippen LogP contribution in [0.2, 0.25) is 5.15 Å². The van der Waals surface area contributed by atoms with Crippen molar-refractivity contribution in [3.63, 3.8) is 0 Å². The van der Waals surface area contributed by atoms with Crippen LogP contribution in [0.4, 0.5) is 8.78 Å². The van der Waals surface area contributed by atoms with E-state index < -0.39 is 11.6 Å². The molecule has 0 amide bonds. The van der Waals surface area contributed by atoms with E-state index in [1.165, 1.54) is 24.3 Å². The van der Waals surface area contributed by atoms with Gasteiger partial charge in [0.25, 0.3) is 0 Å². The van der Waals surface area contributed by atoms with E-state index in [-0.39, 0.29) is 16.3 Å². The van der Waals surface area contributed by atoms with Gasteiger partial charge in [-0.05, 0) is 25.1 Å². The molecule has 0 fully saturated rings. The van der Waals surface area contributed by atoms with Crippen LogP contribution in [0.1, 0.15) is 5.69 Å². The van der Waals surface area contributed by atoms with Crippen LogP contribution in [0, 0.1) is 18.6 Å². The van der Waals surface area contributed by atoms with Gasteiger partial charge in [0.2, 0.25) is 0 Å². The van der Waals surface area contributed by atoms with Gasteiger partial charge in [-0.2, -0.15) is 5.10 Å². The molecule has 0 saturated heterocycles. The molecule has 0 atom stereocenters. The molecule has 2 nitrogen and oxygen atoms in total. The van der Waals surface area contributed by atoms with Crippen molar-refractivity contribution in [3.8, 4) is 11.1 Å². The first kappa shape index (κ1) is 11.0. The zero-order chi connectivity index (χ0) is 11.7. The molecule has 0 aliphatic rings. The minimum atomic E-state index is -0.672. The molecule has 1 aromatic carbocycles. The van der Waals surface area contributed by atoms with E-state index in [1.54, 1.807) is 6.92 Å². The lowest BCUT2D eigenvalue weighted by molar-refractivity contribution is 0.589. The van der Waals surface area contributed by atoms with Crippen LogP contribution in [0.3, 0.4) is 0 Å². The summed E-state index contributed by atoms with van der Waals surface area (Å²) in [4.78, 5) is 0. The third kappa shape index (κ3) is 1.88. The molecule has 0 spiro atoms. The Kier molecular flexibility index (Phi) is 2.83. The van der Waals surface area contributed by atoms with Gasteiger partial charge >= 0.3 is 0 Å². The molecule has 2 aromatic rings. The second-order valence-corrected chi connectivity index (χ2v) is 3.64. The number of halogens is 3. The van der Waals surface area contributed by atoms with Crippen molar-refractivity contribution in [1.82, 2.24) is 10.2 Å². The first-order chi connectivity index (χ1) is 7.59. The molecule has 0 unspecified atom stereocenters. The highest BCUT2D eigenvalue weighted by Crippen LogP contribution is 2.30. The summed E-state index contributed by atoms with van der Waals surface area (Å²) in [5, 5.41) is 7.30. The first-order valence-electron chi connectivity index (χ1n) is 4.54. The van der Waals surface area contributed by atoms with Gasteiger partial charge in [-0.1, -0.05) is 17.7 Å². The summed E-state index contributed by atoms with van der Waals surface area (Å²) in [7, 11) is 0. The molecule has 1 heterocycles. The zero-order valence-electron chi connectivity index (χ0n) is 8.34. The van der Waals surface area contributed by atoms with Crippen LogP contribution < -0.4 is 0 Å². The van der Waals surface area contributed by atoms with Gasteiger partial charge in [-0.15, -0.1) is 5.10 Å². The Balaban J connectivity index is 2.72. The van der Waals surface area contributed by atoms with E-state index in [2.05, 4.69) is 10.2 Å². The molecule has 2 rings (SSSR count). The average Bonchev–Trinajstić information content (AvgIpc) is 2.23. The standard InChI is InChI=1S/C11H7ClF2N2/c1-6-5-7(11(12)16-15-6)10-8(13)3-2-4-9(10)14/h2-5H,1H3. The Morgan fingerprint density at radius 3 is 2.38 bits per heavy atom. The fourth-order valence-electron chi connectivity index (χ4n) is 1.40. The molecule has 5 heteroatoms. The Morgan fingerprint density at radius 1 is 1.12 bits per heavy atom. The van der Waals surface area contributed by atoms with Crippen molar-refractivity contribution < 1.29 is 8.78 Å². The largest absolute Gasteiger partial charge is 0.206 e. The number of benzene rings is 1. The molecule has 0 bridgehead atoms. The van der Waals surface area contributed by atoms with Crippen LogP contribution in [-0.4, -0.2) is 10.2 Å². The van der Waals surface area contributed by atoms with Gasteiger partial charge in [-0.25, -0.2) is 8.78 Å². The molecule has 0 radical (unpaired) electrons. The number of aryl methyl sites for hydroxylation is 1. The molecule has 0 saturated carbocycles. The number of hydrogen-bond acceptors (Lipinski definition) is 2. The zero-order valence-corrected chi connectivity index (χ0v) is 9.09. The molecule has 0 aliphatic heterocycles. The lowest BCUT2D eigenvalue weighted by Crippen LogP contribution is -1.95. The van der Waals surface area contributed by atoms with E-state index in [9.17, 15) is 8.78 Å². The van der Waals surface area contributed by atoms with E-state index in [0.29, 0.717) is 5.69 Å². The van der Waals surface area contributed by atoms with Gasteiger partial charge in [0.1, 0.15) is 11.6 Å². The number of hydrogen-bond donors (Lipinski definition) is 0. The van der Waals surface area contributed by atoms with E-state index in [0.717, 1.165) is 0 Å². The van der Waals surface area contributed by atoms with Gasteiger partial charge < -0.3 is 0 Å². The molecular weight excluding hydrogens is 234 g/mol. The van der Waals surface area contributed by atoms with Crippen molar-refractivity contribution in [2.24, 2.45) is 0 Å². The summed E-state index contributed by atoms with van der Waals surface area (Å²) in [6.07, 6.45) is 0. The Bertz CT molecular complexity index is 523. The third-order valence-electron chi connectivity index (χ3n) is 2.10. The maximum Gasteiger partial charge on any atom is 0.159 e. The quantitative estimate of drug-likeness (QED) is 0.764. The van der Waals surface area contributed by atoms with E-state index in [1.807, 2.05) is 0 Å². The smallest absolute Gasteiger partial charge is 0.159 e. The van der Waals surface area contributed by atoms with Crippen molar-refractivity contribution in [2.75, 3.05) is 0 Å². The summed E-state index contributed by atoms with van der Waals surface area (Å²) in [6.45, 7) is 1.67. The van der Waals surface area contributed by atoms with Crippen LogP contribution in [0.15, 0.2) is 24.3 Å². The Hall–Kier alpha value is -1.55. The molecule has 0 aliphatic carbocycles. The van der Waals surface area contributed by atoms with Gasteiger partial charge in [0, 0.05) is 5.56 Å². The normalized spacial score (nSPS) is 10.5. The fourth-order valence-corrected chi connectivity index (χ4v) is 1.59. The van der Waals surface area contributed by atoms with Crippen LogP contribution in [0.25, 0.3) is 11.1 Å². The first-order valence-corrected chi connectivity index (χ1v) is 4.91. The molecular formula is C11H7ClF2N2. The fraction of sp³-hybridized carbons (Fsp3) is 0.0909. The molecule has 1 aromatic heterocycles. The monoisotopic (exact) mass is 240 g/mol. The molecule has 16 heavy (non-hydrogen) atoms. The van der Waals surface area contributed by atoms with Gasteiger partial charge in [0.15, 0.2) is 5.15 Å². The van der Waals surface area contributed by atoms with Crippen LogP contribution in [-0.2, 0) is 0 Å². The predicted molar refractivity (Wildman–Crippen MR) is 57.1 cm³/mol. The number of aromatic nitrogens is 2. The number of rotatable bonds is 1. The van der Waals surface area contributed by atoms with E-state index in [4.69, 9.17) is 11.6 Å². The highest BCUT2D eigenvalue weighted by molar-refractivity contribution is 6.32. The summed E-state index contributed by atoms with van der Waals surface area (Å²) in [5.74, 6) is -1.34. The van der Waals surface area contributed by atoms with Crippen molar-refractivity contribution >= 4 is 11.6 Å². The minimum absolute atomic E-state index is 0.0189. The highest BCUT2D eigenvalue weighted by atomic mass is 35.5. The maximum absolute atomic E-state index is 13.5. The maximum atomic E-state index is 13.5. The van der Waals surface area contributed by atoms with Gasteiger partial charge in [0.05, 0.1) is 11.3 Å². The van der Waals surface area contributed by atoms with Crippen molar-refractivity contribution in [2.45, 2.75) is 6.92 Å². The van der Waals surface area contributed by atoms with E-state index >= 15 is 0 Å². The number of nitrogens with zero attached hydrogens (tertiary/aromatic N) is 2. The molecule has 82 valence electrons. The highest BCUT2D eigenvalue weighted by Gasteiger charge is 2.15. The van der Waals surface area contributed by atoms with Crippen LogP contribution in [0.5, 0.6) is 0 Å². The summed E-state index contributed by atoms with van der Waals surface area (Å²) in [5.41, 5.74) is 0.581. The summed E-state index contributed by atoms with van der Waals surface area (Å²) < 4.78 is 27.0. The Labute approximate surface area is 95.9 Å². The SMILES string of the molecule is Cc1cc(-c2c(F)cccc2F)c(Cl)nn1. The second-order valence-electron chi connectivity index (χ2n) is 3.29. The lowest BCUT2D eigenvalue weighted by Gasteiger charge is -2.06. The topological polar surface area (TPSA) is 25.8 Å². The van der Waals surface area contributed by atoms with Gasteiger partial charge in [-0.3, -0.25) is 0 Å². The third-order valence-corrected chi connectivity index (χ3v) is 2.38. The second kappa shape index (κ2) is 4.14. The van der Waals surface area contributed by atoms with Crippen molar-refractivity contribution in [1.29, 1.82) is 0 Å².